The van der Waals surface area contributed by atoms with Crippen LogP contribution >= 0.6 is 11.6 Å². The van der Waals surface area contributed by atoms with Crippen LogP contribution in [0.3, 0.4) is 0 Å². The molecule has 0 unspecified atom stereocenters. The minimum absolute atomic E-state index is 0.131. The van der Waals surface area contributed by atoms with Crippen LogP contribution in [0.25, 0.3) is 10.9 Å². The van der Waals surface area contributed by atoms with E-state index in [1.807, 2.05) is 0 Å². The van der Waals surface area contributed by atoms with E-state index < -0.39 is 5.97 Å². The maximum absolute atomic E-state index is 10.9. The molecule has 1 aromatic heterocycles. The summed E-state index contributed by atoms with van der Waals surface area (Å²) in [5, 5.41) is 19.3. The molecule has 5 heteroatoms. The van der Waals surface area contributed by atoms with Crippen molar-refractivity contribution in [2.24, 2.45) is 0 Å². The Labute approximate surface area is 89.9 Å². The average molecular weight is 225 g/mol. The molecule has 2 N–H and O–H groups in total. The highest BCUT2D eigenvalue weighted by Crippen LogP contribution is 2.19. The van der Waals surface area contributed by atoms with E-state index in [1.165, 1.54) is 18.3 Å². The molecule has 1 aromatic carbocycles. The number of aromatic carboxylic acids is 1. The third-order valence-electron chi connectivity index (χ3n) is 2.11. The molecule has 0 saturated heterocycles. The maximum atomic E-state index is 10.9. The van der Waals surface area contributed by atoms with E-state index >= 15 is 0 Å². The van der Waals surface area contributed by atoms with Crippen molar-refractivity contribution in [2.75, 3.05) is 0 Å². The summed E-state index contributed by atoms with van der Waals surface area (Å²) in [5.41, 5.74) is 0.495. The minimum Gasteiger partial charge on any atom is -0.478 e. The summed E-state index contributed by atoms with van der Waals surface area (Å²) in [6.07, 6.45) is 1.27. The Morgan fingerprint density at radius 2 is 2.07 bits per heavy atom. The van der Waals surface area contributed by atoms with Gasteiger partial charge in [0, 0.05) is 21.9 Å². The second-order valence-electron chi connectivity index (χ2n) is 3.04. The van der Waals surface area contributed by atoms with Crippen molar-refractivity contribution in [1.82, 2.24) is 0 Å². The summed E-state index contributed by atoms with van der Waals surface area (Å²) in [6, 6.07) is 5.98. The van der Waals surface area contributed by atoms with Crippen molar-refractivity contribution in [3.8, 4) is 0 Å². The lowest BCUT2D eigenvalue weighted by molar-refractivity contribution is -0.884. The Balaban J connectivity index is 2.88. The molecule has 76 valence electrons. The number of hydrogen-bond acceptors (Lipinski definition) is 2. The number of rotatable bonds is 1. The molecular weight excluding hydrogens is 218 g/mol. The number of hydrogen-bond donors (Lipinski definition) is 2. The zero-order chi connectivity index (χ0) is 11.0. The number of carbonyl (C=O) groups is 1. The Morgan fingerprint density at radius 3 is 2.73 bits per heavy atom. The van der Waals surface area contributed by atoms with Gasteiger partial charge in [-0.15, -0.1) is 0 Å². The molecule has 0 aliphatic heterocycles. The highest BCUT2D eigenvalue weighted by Gasteiger charge is 2.16. The number of pyridine rings is 1. The number of nitrogens with zero attached hydrogens (tertiary/aromatic N) is 1. The standard InChI is InChI=1S/C10H6ClNO3/c11-6-1-2-7-8(10(13)14)3-4-12(15)9(7)5-6/h1-5H,(H-,13,14,15)/p+1. The third-order valence-corrected chi connectivity index (χ3v) is 2.34. The Hall–Kier alpha value is -1.81. The van der Waals surface area contributed by atoms with Crippen LogP contribution in [0.2, 0.25) is 5.02 Å². The van der Waals surface area contributed by atoms with Crippen LogP contribution in [0.5, 0.6) is 0 Å². The smallest absolute Gasteiger partial charge is 0.336 e. The van der Waals surface area contributed by atoms with E-state index in [0.29, 0.717) is 15.9 Å². The first-order chi connectivity index (χ1) is 7.09. The van der Waals surface area contributed by atoms with E-state index in [2.05, 4.69) is 0 Å². The molecule has 4 nitrogen and oxygen atoms in total. The number of fused-ring (bicyclic) bond motifs is 1. The van der Waals surface area contributed by atoms with Gasteiger partial charge >= 0.3 is 5.97 Å². The Kier molecular flexibility index (Phi) is 2.21. The molecule has 0 fully saturated rings. The van der Waals surface area contributed by atoms with Gasteiger partial charge in [-0.2, -0.15) is 0 Å². The Bertz CT molecular complexity index is 554. The maximum Gasteiger partial charge on any atom is 0.336 e. The van der Waals surface area contributed by atoms with Crippen molar-refractivity contribution in [1.29, 1.82) is 0 Å². The van der Waals surface area contributed by atoms with Crippen molar-refractivity contribution in [3.05, 3.63) is 41.0 Å². The molecule has 0 saturated carbocycles. The molecule has 1 heterocycles. The number of carboxylic acid groups (broad SMARTS) is 1. The van der Waals surface area contributed by atoms with Crippen LogP contribution in [-0.4, -0.2) is 16.3 Å². The van der Waals surface area contributed by atoms with E-state index in [0.717, 1.165) is 4.73 Å². The monoisotopic (exact) mass is 224 g/mol. The fourth-order valence-corrected chi connectivity index (χ4v) is 1.59. The zero-order valence-electron chi connectivity index (χ0n) is 7.51. The van der Waals surface area contributed by atoms with Crippen LogP contribution in [0.15, 0.2) is 30.5 Å². The fourth-order valence-electron chi connectivity index (χ4n) is 1.42. The number of carboxylic acids is 1. The summed E-state index contributed by atoms with van der Waals surface area (Å²) in [5.74, 6) is -1.04. The zero-order valence-corrected chi connectivity index (χ0v) is 8.27. The van der Waals surface area contributed by atoms with Crippen LogP contribution < -0.4 is 4.73 Å². The van der Waals surface area contributed by atoms with Gasteiger partial charge in [-0.05, 0) is 12.1 Å². The van der Waals surface area contributed by atoms with Gasteiger partial charge in [0.25, 0.3) is 5.52 Å². The predicted octanol–water partition coefficient (Wildman–Crippen LogP) is 1.72. The van der Waals surface area contributed by atoms with Crippen molar-refractivity contribution < 1.29 is 19.8 Å². The molecular formula is C10H7ClNO3+. The molecule has 2 rings (SSSR count). The number of benzene rings is 1. The van der Waals surface area contributed by atoms with E-state index in [-0.39, 0.29) is 5.56 Å². The van der Waals surface area contributed by atoms with Crippen LogP contribution in [0, 0.1) is 0 Å². The first kappa shape index (κ1) is 9.73. The average Bonchev–Trinajstić information content (AvgIpc) is 2.19. The van der Waals surface area contributed by atoms with E-state index in [9.17, 15) is 10.0 Å². The lowest BCUT2D eigenvalue weighted by Crippen LogP contribution is -2.30. The van der Waals surface area contributed by atoms with E-state index in [1.54, 1.807) is 12.1 Å². The van der Waals surface area contributed by atoms with Crippen molar-refractivity contribution in [3.63, 3.8) is 0 Å². The largest absolute Gasteiger partial charge is 0.478 e. The number of aromatic nitrogens is 1. The van der Waals surface area contributed by atoms with E-state index in [4.69, 9.17) is 16.7 Å². The third kappa shape index (κ3) is 1.59. The van der Waals surface area contributed by atoms with Crippen LogP contribution in [0.1, 0.15) is 10.4 Å². The topological polar surface area (TPSA) is 61.4 Å². The normalized spacial score (nSPS) is 10.5. The molecule has 0 radical (unpaired) electrons. The van der Waals surface area contributed by atoms with Gasteiger partial charge < -0.3 is 5.11 Å². The van der Waals surface area contributed by atoms with Gasteiger partial charge in [-0.1, -0.05) is 11.6 Å². The molecule has 15 heavy (non-hydrogen) atoms. The predicted molar refractivity (Wildman–Crippen MR) is 53.3 cm³/mol. The van der Waals surface area contributed by atoms with Gasteiger partial charge in [0.15, 0.2) is 0 Å². The van der Waals surface area contributed by atoms with Gasteiger partial charge in [-0.3, -0.25) is 5.21 Å². The van der Waals surface area contributed by atoms with Crippen LogP contribution in [0.4, 0.5) is 0 Å². The Morgan fingerprint density at radius 1 is 1.33 bits per heavy atom. The minimum atomic E-state index is -1.04. The fraction of sp³-hybridized carbons (Fsp3) is 0. The highest BCUT2D eigenvalue weighted by molar-refractivity contribution is 6.31. The second kappa shape index (κ2) is 3.40. The summed E-state index contributed by atoms with van der Waals surface area (Å²) < 4.78 is 0.841. The summed E-state index contributed by atoms with van der Waals surface area (Å²) in [7, 11) is 0. The van der Waals surface area contributed by atoms with Gasteiger partial charge in [-0.25, -0.2) is 4.79 Å². The quantitative estimate of drug-likeness (QED) is 0.573. The molecule has 0 aliphatic carbocycles. The summed E-state index contributed by atoms with van der Waals surface area (Å²) in [4.78, 5) is 10.9. The second-order valence-corrected chi connectivity index (χ2v) is 3.48. The van der Waals surface area contributed by atoms with Gasteiger partial charge in [0.05, 0.1) is 10.9 Å². The lowest BCUT2D eigenvalue weighted by Gasteiger charge is -1.98. The van der Waals surface area contributed by atoms with Crippen LogP contribution in [-0.2, 0) is 0 Å². The first-order valence-corrected chi connectivity index (χ1v) is 4.54. The molecule has 0 bridgehead atoms. The lowest BCUT2D eigenvalue weighted by atomic mass is 10.1. The number of halogens is 1. The highest BCUT2D eigenvalue weighted by atomic mass is 35.5. The molecule has 0 amide bonds. The summed E-state index contributed by atoms with van der Waals surface area (Å²) >= 11 is 5.75. The molecule has 0 aliphatic rings. The first-order valence-electron chi connectivity index (χ1n) is 4.16. The molecule has 0 spiro atoms. The SMILES string of the molecule is O=C(O)c1cc[n+](O)c2cc(Cl)ccc12. The van der Waals surface area contributed by atoms with Gasteiger partial charge in [0.1, 0.15) is 0 Å². The molecule has 0 atom stereocenters. The van der Waals surface area contributed by atoms with Crippen molar-refractivity contribution >= 4 is 28.5 Å². The van der Waals surface area contributed by atoms with Gasteiger partial charge in [0.2, 0.25) is 6.20 Å². The molecule has 2 aromatic rings. The van der Waals surface area contributed by atoms with Crippen molar-refractivity contribution in [2.45, 2.75) is 0 Å². The summed E-state index contributed by atoms with van der Waals surface area (Å²) in [6.45, 7) is 0.